The fraction of sp³-hybridized carbons (Fsp3) is 0.385. The normalized spacial score (nSPS) is 12.0. The van der Waals surface area contributed by atoms with Gasteiger partial charge in [-0.25, -0.2) is 0 Å². The molecule has 92 valence electrons. The molecule has 4 nitrogen and oxygen atoms in total. The molecular weight excluding hydrogens is 218 g/mol. The van der Waals surface area contributed by atoms with Crippen LogP contribution in [0.25, 0.3) is 0 Å². The van der Waals surface area contributed by atoms with Crippen LogP contribution in [0.4, 0.5) is 0 Å². The lowest BCUT2D eigenvalue weighted by molar-refractivity contribution is -0.139. The van der Waals surface area contributed by atoms with Crippen LogP contribution in [0, 0.1) is 0 Å². The molecule has 1 atom stereocenters. The molecule has 0 radical (unpaired) electrons. The van der Waals surface area contributed by atoms with Crippen molar-refractivity contribution in [2.24, 2.45) is 0 Å². The van der Waals surface area contributed by atoms with E-state index >= 15 is 0 Å². The van der Waals surface area contributed by atoms with Gasteiger partial charge in [0.05, 0.1) is 0 Å². The molecule has 0 saturated heterocycles. The number of carboxylic acids is 1. The molecule has 1 aromatic rings. The van der Waals surface area contributed by atoms with E-state index in [1.807, 2.05) is 30.3 Å². The summed E-state index contributed by atoms with van der Waals surface area (Å²) >= 11 is 0. The van der Waals surface area contributed by atoms with E-state index in [1.165, 1.54) is 0 Å². The predicted octanol–water partition coefficient (Wildman–Crippen LogP) is 1.60. The third-order valence-electron chi connectivity index (χ3n) is 2.51. The number of hydrogen-bond acceptors (Lipinski definition) is 3. The van der Waals surface area contributed by atoms with Crippen LogP contribution in [0.5, 0.6) is 0 Å². The highest BCUT2D eigenvalue weighted by Crippen LogP contribution is 2.03. The molecule has 0 aliphatic carbocycles. The minimum Gasteiger partial charge on any atom is -0.480 e. The van der Waals surface area contributed by atoms with Gasteiger partial charge in [-0.05, 0) is 18.4 Å². The first-order valence-corrected chi connectivity index (χ1v) is 5.68. The van der Waals surface area contributed by atoms with Crippen molar-refractivity contribution in [3.63, 3.8) is 0 Å². The Hall–Kier alpha value is -1.68. The van der Waals surface area contributed by atoms with Crippen LogP contribution in [0.3, 0.4) is 0 Å². The van der Waals surface area contributed by atoms with Gasteiger partial charge in [-0.3, -0.25) is 4.79 Å². The van der Waals surface area contributed by atoms with Gasteiger partial charge in [0.1, 0.15) is 12.3 Å². The number of benzene rings is 1. The molecule has 0 heterocycles. The summed E-state index contributed by atoms with van der Waals surface area (Å²) in [4.78, 5) is 21.1. The largest absolute Gasteiger partial charge is 0.480 e. The Balaban J connectivity index is 2.39. The second-order valence-corrected chi connectivity index (χ2v) is 3.85. The third kappa shape index (κ3) is 5.26. The summed E-state index contributed by atoms with van der Waals surface area (Å²) in [6, 6.07) is 9.05. The Morgan fingerprint density at radius 3 is 2.65 bits per heavy atom. The molecule has 0 fully saturated rings. The number of rotatable bonds is 8. The van der Waals surface area contributed by atoms with E-state index in [0.29, 0.717) is 25.8 Å². The van der Waals surface area contributed by atoms with E-state index in [-0.39, 0.29) is 0 Å². The highest BCUT2D eigenvalue weighted by Gasteiger charge is 2.15. The number of aldehydes is 1. The van der Waals surface area contributed by atoms with E-state index in [9.17, 15) is 9.59 Å². The number of carbonyl (C=O) groups is 2. The fourth-order valence-electron chi connectivity index (χ4n) is 1.56. The van der Waals surface area contributed by atoms with Gasteiger partial charge in [0.2, 0.25) is 0 Å². The van der Waals surface area contributed by atoms with Crippen molar-refractivity contribution in [1.82, 2.24) is 5.32 Å². The second-order valence-electron chi connectivity index (χ2n) is 3.85. The van der Waals surface area contributed by atoms with Crippen LogP contribution < -0.4 is 5.32 Å². The average molecular weight is 235 g/mol. The van der Waals surface area contributed by atoms with Gasteiger partial charge in [0, 0.05) is 13.0 Å². The van der Waals surface area contributed by atoms with E-state index in [1.54, 1.807) is 0 Å². The molecule has 0 spiro atoms. The molecule has 17 heavy (non-hydrogen) atoms. The van der Waals surface area contributed by atoms with Crippen LogP contribution in [-0.2, 0) is 16.1 Å². The molecule has 4 heteroatoms. The van der Waals surface area contributed by atoms with Gasteiger partial charge in [0.25, 0.3) is 0 Å². The molecule has 0 saturated carbocycles. The monoisotopic (exact) mass is 235 g/mol. The maximum Gasteiger partial charge on any atom is 0.320 e. The van der Waals surface area contributed by atoms with Gasteiger partial charge >= 0.3 is 5.97 Å². The van der Waals surface area contributed by atoms with E-state index in [4.69, 9.17) is 5.11 Å². The first kappa shape index (κ1) is 13.4. The zero-order valence-corrected chi connectivity index (χ0v) is 9.63. The SMILES string of the molecule is O=CCCC[C@H](NCc1ccccc1)C(=O)O. The third-order valence-corrected chi connectivity index (χ3v) is 2.51. The molecule has 0 aromatic heterocycles. The standard InChI is InChI=1S/C13H17NO3/c15-9-5-4-8-12(13(16)17)14-10-11-6-2-1-3-7-11/h1-3,6-7,9,12,14H,4-5,8,10H2,(H,16,17)/t12-/m0/s1. The zero-order chi connectivity index (χ0) is 12.5. The maximum absolute atomic E-state index is 11.0. The van der Waals surface area contributed by atoms with Crippen molar-refractivity contribution in [2.45, 2.75) is 31.8 Å². The highest BCUT2D eigenvalue weighted by atomic mass is 16.4. The first-order valence-electron chi connectivity index (χ1n) is 5.68. The molecule has 0 amide bonds. The van der Waals surface area contributed by atoms with Gasteiger partial charge in [0.15, 0.2) is 0 Å². The summed E-state index contributed by atoms with van der Waals surface area (Å²) < 4.78 is 0. The molecule has 0 unspecified atom stereocenters. The Morgan fingerprint density at radius 2 is 2.06 bits per heavy atom. The van der Waals surface area contributed by atoms with Crippen molar-refractivity contribution in [1.29, 1.82) is 0 Å². The Bertz CT molecular complexity index is 351. The summed E-state index contributed by atoms with van der Waals surface area (Å²) in [7, 11) is 0. The molecule has 1 rings (SSSR count). The lowest BCUT2D eigenvalue weighted by atomic mass is 10.1. The molecule has 1 aromatic carbocycles. The highest BCUT2D eigenvalue weighted by molar-refractivity contribution is 5.73. The Kier molecular flexibility index (Phi) is 5.96. The summed E-state index contributed by atoms with van der Waals surface area (Å²) in [5, 5.41) is 12.0. The predicted molar refractivity (Wildman–Crippen MR) is 64.6 cm³/mol. The van der Waals surface area contributed by atoms with Crippen LogP contribution in [0.1, 0.15) is 24.8 Å². The second kappa shape index (κ2) is 7.57. The molecular formula is C13H17NO3. The molecule has 2 N–H and O–H groups in total. The van der Waals surface area contributed by atoms with Crippen LogP contribution >= 0.6 is 0 Å². The summed E-state index contributed by atoms with van der Waals surface area (Å²) in [5.74, 6) is -0.869. The number of aliphatic carboxylic acids is 1. The number of unbranched alkanes of at least 4 members (excludes halogenated alkanes) is 1. The minimum atomic E-state index is -0.869. The number of hydrogen-bond donors (Lipinski definition) is 2. The van der Waals surface area contributed by atoms with Gasteiger partial charge < -0.3 is 15.2 Å². The van der Waals surface area contributed by atoms with E-state index in [2.05, 4.69) is 5.32 Å². The van der Waals surface area contributed by atoms with E-state index in [0.717, 1.165) is 11.8 Å². The Labute approximate surface area is 101 Å². The van der Waals surface area contributed by atoms with Crippen molar-refractivity contribution >= 4 is 12.3 Å². The minimum absolute atomic E-state index is 0.413. The molecule has 0 bridgehead atoms. The average Bonchev–Trinajstić information content (AvgIpc) is 2.34. The summed E-state index contributed by atoms with van der Waals surface area (Å²) in [6.45, 7) is 0.527. The van der Waals surface area contributed by atoms with Crippen molar-refractivity contribution in [3.05, 3.63) is 35.9 Å². The van der Waals surface area contributed by atoms with Crippen molar-refractivity contribution in [2.75, 3.05) is 0 Å². The Morgan fingerprint density at radius 1 is 1.35 bits per heavy atom. The lowest BCUT2D eigenvalue weighted by Gasteiger charge is -2.13. The summed E-state index contributed by atoms with van der Waals surface area (Å²) in [5.41, 5.74) is 1.05. The van der Waals surface area contributed by atoms with Crippen molar-refractivity contribution in [3.8, 4) is 0 Å². The number of carboxylic acid groups (broad SMARTS) is 1. The van der Waals surface area contributed by atoms with Crippen molar-refractivity contribution < 1.29 is 14.7 Å². The van der Waals surface area contributed by atoms with Crippen LogP contribution in [0.2, 0.25) is 0 Å². The smallest absolute Gasteiger partial charge is 0.320 e. The van der Waals surface area contributed by atoms with Gasteiger partial charge in [-0.1, -0.05) is 30.3 Å². The van der Waals surface area contributed by atoms with Gasteiger partial charge in [-0.15, -0.1) is 0 Å². The van der Waals surface area contributed by atoms with Gasteiger partial charge in [-0.2, -0.15) is 0 Å². The lowest BCUT2D eigenvalue weighted by Crippen LogP contribution is -2.36. The van der Waals surface area contributed by atoms with Crippen LogP contribution in [0.15, 0.2) is 30.3 Å². The number of nitrogens with one attached hydrogen (secondary N) is 1. The topological polar surface area (TPSA) is 66.4 Å². The quantitative estimate of drug-likeness (QED) is 0.530. The molecule has 0 aliphatic rings. The zero-order valence-electron chi connectivity index (χ0n) is 9.63. The van der Waals surface area contributed by atoms with Crippen LogP contribution in [-0.4, -0.2) is 23.4 Å². The fourth-order valence-corrected chi connectivity index (χ4v) is 1.56. The van der Waals surface area contributed by atoms with E-state index < -0.39 is 12.0 Å². The summed E-state index contributed by atoms with van der Waals surface area (Å²) in [6.07, 6.45) is 2.30. The molecule has 0 aliphatic heterocycles. The first-order chi connectivity index (χ1) is 8.24. The number of carbonyl (C=O) groups excluding carboxylic acids is 1. The maximum atomic E-state index is 11.0.